The summed E-state index contributed by atoms with van der Waals surface area (Å²) in [5.74, 6) is -0.307. The van der Waals surface area contributed by atoms with Crippen molar-refractivity contribution in [3.05, 3.63) is 124 Å². The maximum atomic E-state index is 14.6. The highest BCUT2D eigenvalue weighted by molar-refractivity contribution is 7.92. The highest BCUT2D eigenvalue weighted by Gasteiger charge is 2.35. The molecule has 0 spiro atoms. The van der Waals surface area contributed by atoms with E-state index in [1.165, 1.54) is 17.0 Å². The third-order valence-corrected chi connectivity index (χ3v) is 9.89. The first-order chi connectivity index (χ1) is 22.5. The lowest BCUT2D eigenvalue weighted by Crippen LogP contribution is -2.53. The third-order valence-electron chi connectivity index (χ3n) is 7.39. The Hall–Kier alpha value is -4.05. The zero-order chi connectivity index (χ0) is 34.0. The molecule has 4 aromatic rings. The molecule has 0 saturated heterocycles. The van der Waals surface area contributed by atoms with Gasteiger partial charge in [0.05, 0.1) is 17.2 Å². The molecule has 0 aliphatic rings. The predicted molar refractivity (Wildman–Crippen MR) is 187 cm³/mol. The summed E-state index contributed by atoms with van der Waals surface area (Å²) in [7, 11) is -4.25. The number of ether oxygens (including phenoxy) is 1. The third kappa shape index (κ3) is 9.50. The normalized spacial score (nSPS) is 12.0. The van der Waals surface area contributed by atoms with E-state index >= 15 is 0 Å². The van der Waals surface area contributed by atoms with E-state index in [9.17, 15) is 18.0 Å². The van der Waals surface area contributed by atoms with Crippen LogP contribution in [0.15, 0.2) is 108 Å². The SMILES string of the molecule is CCOc1ccc(S(=O)(=O)N(CC(=O)N(Cc2c(Cl)cccc2Cl)C(Cc2ccccc2)C(=O)NCC(C)C)c2ccccc2)cc1. The predicted octanol–water partition coefficient (Wildman–Crippen LogP) is 7.00. The van der Waals surface area contributed by atoms with Gasteiger partial charge in [-0.1, -0.05) is 91.6 Å². The van der Waals surface area contributed by atoms with Gasteiger partial charge >= 0.3 is 0 Å². The molecule has 2 amide bonds. The molecular formula is C36H39Cl2N3O5S. The Morgan fingerprint density at radius 3 is 2.00 bits per heavy atom. The van der Waals surface area contributed by atoms with Gasteiger partial charge in [-0.3, -0.25) is 13.9 Å². The molecule has 11 heteroatoms. The highest BCUT2D eigenvalue weighted by atomic mass is 35.5. The molecule has 248 valence electrons. The van der Waals surface area contributed by atoms with Crippen molar-refractivity contribution in [3.63, 3.8) is 0 Å². The number of hydrogen-bond donors (Lipinski definition) is 1. The Kier molecular flexibility index (Phi) is 12.7. The number of nitrogens with one attached hydrogen (secondary N) is 1. The molecule has 4 aromatic carbocycles. The van der Waals surface area contributed by atoms with E-state index in [1.54, 1.807) is 60.7 Å². The molecule has 0 aliphatic heterocycles. The molecule has 0 fully saturated rings. The van der Waals surface area contributed by atoms with Gasteiger partial charge in [0.2, 0.25) is 11.8 Å². The average Bonchev–Trinajstić information content (AvgIpc) is 3.06. The number of halogens is 2. The maximum absolute atomic E-state index is 14.6. The number of nitrogens with zero attached hydrogens (tertiary/aromatic N) is 2. The van der Waals surface area contributed by atoms with Gasteiger partial charge in [0, 0.05) is 35.1 Å². The fourth-order valence-corrected chi connectivity index (χ4v) is 6.89. The van der Waals surface area contributed by atoms with Crippen LogP contribution in [0.1, 0.15) is 31.9 Å². The molecule has 0 saturated carbocycles. The number of carbonyl (C=O) groups excluding carboxylic acids is 2. The van der Waals surface area contributed by atoms with Crippen molar-refractivity contribution in [1.82, 2.24) is 10.2 Å². The van der Waals surface area contributed by atoms with Gasteiger partial charge in [0.25, 0.3) is 10.0 Å². The molecule has 8 nitrogen and oxygen atoms in total. The van der Waals surface area contributed by atoms with Gasteiger partial charge in [-0.25, -0.2) is 8.42 Å². The molecule has 1 atom stereocenters. The quantitative estimate of drug-likeness (QED) is 0.145. The minimum Gasteiger partial charge on any atom is -0.494 e. The van der Waals surface area contributed by atoms with Gasteiger partial charge in [0.1, 0.15) is 18.3 Å². The van der Waals surface area contributed by atoms with Crippen molar-refractivity contribution < 1.29 is 22.7 Å². The molecule has 0 radical (unpaired) electrons. The lowest BCUT2D eigenvalue weighted by atomic mass is 10.0. The van der Waals surface area contributed by atoms with Gasteiger partial charge in [-0.2, -0.15) is 0 Å². The van der Waals surface area contributed by atoms with Crippen LogP contribution in [0.2, 0.25) is 10.0 Å². The lowest BCUT2D eigenvalue weighted by Gasteiger charge is -2.34. The van der Waals surface area contributed by atoms with E-state index < -0.39 is 28.5 Å². The molecule has 47 heavy (non-hydrogen) atoms. The average molecular weight is 697 g/mol. The van der Waals surface area contributed by atoms with Crippen LogP contribution in [0.5, 0.6) is 5.75 Å². The Balaban J connectivity index is 1.80. The van der Waals surface area contributed by atoms with Crippen LogP contribution in [0, 0.1) is 5.92 Å². The van der Waals surface area contributed by atoms with Gasteiger partial charge < -0.3 is 15.0 Å². The second-order valence-electron chi connectivity index (χ2n) is 11.3. The molecule has 1 N–H and O–H groups in total. The van der Waals surface area contributed by atoms with Gasteiger partial charge in [-0.15, -0.1) is 0 Å². The molecule has 4 rings (SSSR count). The van der Waals surface area contributed by atoms with Crippen molar-refractivity contribution >= 4 is 50.7 Å². The van der Waals surface area contributed by atoms with Crippen LogP contribution >= 0.6 is 23.2 Å². The van der Waals surface area contributed by atoms with Crippen molar-refractivity contribution in [2.75, 3.05) is 24.0 Å². The number of sulfonamides is 1. The number of anilines is 1. The number of rotatable bonds is 15. The summed E-state index contributed by atoms with van der Waals surface area (Å²) in [6.07, 6.45) is 0.176. The summed E-state index contributed by atoms with van der Waals surface area (Å²) in [6.45, 7) is 5.88. The van der Waals surface area contributed by atoms with E-state index in [-0.39, 0.29) is 35.4 Å². The minimum atomic E-state index is -4.25. The standard InChI is InChI=1S/C36H39Cl2N3O5S/c1-4-46-29-18-20-30(21-19-29)47(44,45)41(28-14-9-6-10-15-28)25-35(42)40(24-31-32(37)16-11-17-33(31)38)34(36(43)39-23-26(2)3)22-27-12-7-5-8-13-27/h5-21,26,34H,4,22-25H2,1-3H3,(H,39,43). The fourth-order valence-electron chi connectivity index (χ4n) is 4.95. The summed E-state index contributed by atoms with van der Waals surface area (Å²) < 4.78 is 34.9. The topological polar surface area (TPSA) is 96.0 Å². The van der Waals surface area contributed by atoms with Gasteiger partial charge in [-0.05, 0) is 66.9 Å². The van der Waals surface area contributed by atoms with Crippen LogP contribution < -0.4 is 14.4 Å². The number of hydrogen-bond acceptors (Lipinski definition) is 5. The highest BCUT2D eigenvalue weighted by Crippen LogP contribution is 2.29. The zero-order valence-corrected chi connectivity index (χ0v) is 28.9. The first-order valence-electron chi connectivity index (χ1n) is 15.4. The summed E-state index contributed by atoms with van der Waals surface area (Å²) in [5, 5.41) is 3.60. The smallest absolute Gasteiger partial charge is 0.264 e. The van der Waals surface area contributed by atoms with E-state index in [0.29, 0.717) is 34.5 Å². The number of para-hydroxylation sites is 1. The van der Waals surface area contributed by atoms with E-state index in [0.717, 1.165) is 9.87 Å². The Morgan fingerprint density at radius 1 is 0.830 bits per heavy atom. The molecule has 0 bridgehead atoms. The monoisotopic (exact) mass is 695 g/mol. The summed E-state index contributed by atoms with van der Waals surface area (Å²) >= 11 is 13.2. The van der Waals surface area contributed by atoms with Crippen molar-refractivity contribution in [2.24, 2.45) is 5.92 Å². The second-order valence-corrected chi connectivity index (χ2v) is 14.0. The minimum absolute atomic E-state index is 0.0196. The first-order valence-corrected chi connectivity index (χ1v) is 17.6. The van der Waals surface area contributed by atoms with Crippen LogP contribution in [-0.2, 0) is 32.6 Å². The van der Waals surface area contributed by atoms with Crippen LogP contribution in [-0.4, -0.2) is 50.9 Å². The molecule has 0 heterocycles. The maximum Gasteiger partial charge on any atom is 0.264 e. The molecule has 1 unspecified atom stereocenters. The van der Waals surface area contributed by atoms with Crippen molar-refractivity contribution in [3.8, 4) is 5.75 Å². The fraction of sp³-hybridized carbons (Fsp3) is 0.278. The lowest BCUT2D eigenvalue weighted by molar-refractivity contribution is -0.140. The van der Waals surface area contributed by atoms with Crippen LogP contribution in [0.3, 0.4) is 0 Å². The molecule has 0 aliphatic carbocycles. The van der Waals surface area contributed by atoms with E-state index in [1.807, 2.05) is 51.1 Å². The Bertz CT molecular complexity index is 1720. The first kappa shape index (κ1) is 35.8. The molecular weight excluding hydrogens is 657 g/mol. The molecule has 0 aromatic heterocycles. The Morgan fingerprint density at radius 2 is 1.43 bits per heavy atom. The van der Waals surface area contributed by atoms with Crippen LogP contribution in [0.25, 0.3) is 0 Å². The summed E-state index contributed by atoms with van der Waals surface area (Å²) in [5.41, 5.74) is 1.55. The number of benzene rings is 4. The zero-order valence-electron chi connectivity index (χ0n) is 26.6. The summed E-state index contributed by atoms with van der Waals surface area (Å²) in [4.78, 5) is 29.8. The Labute approximate surface area is 287 Å². The van der Waals surface area contributed by atoms with E-state index in [4.69, 9.17) is 27.9 Å². The number of carbonyl (C=O) groups is 2. The van der Waals surface area contributed by atoms with Gasteiger partial charge in [0.15, 0.2) is 0 Å². The largest absolute Gasteiger partial charge is 0.494 e. The van der Waals surface area contributed by atoms with Crippen LogP contribution in [0.4, 0.5) is 5.69 Å². The van der Waals surface area contributed by atoms with E-state index in [2.05, 4.69) is 5.32 Å². The van der Waals surface area contributed by atoms with Crippen molar-refractivity contribution in [1.29, 1.82) is 0 Å². The second kappa shape index (κ2) is 16.7. The van der Waals surface area contributed by atoms with Crippen molar-refractivity contribution in [2.45, 2.75) is 44.7 Å². The number of amides is 2. The summed E-state index contributed by atoms with van der Waals surface area (Å²) in [6, 6.07) is 27.7.